The standard InChI is InChI=1S/C24H34O3.C23H30O3.H2/c1-14-11-16-12-17(25)5-8-22(16,3)21-15(2)13-23(4)18(20(14)21)6-9-24(23)10-7-19(26)27-24;1-14-12-15-13-16(24)4-8-21(15,2)17-5-9-22(3)18(20(14)17)6-10-23(22)11-7-19(25)26-23;/h12,14-15,18,20-21H,5-11,13H2,1-4H3;5,13-14,18,20H,4,6-12H2,1-3H3;1H/t14-,15?,18?,20?,21?,22+,23+,24?;14-,18?,20?,21+,22+,23?;/m11./s1/i;;1+1. The number of ether oxygens (including phenoxy) is 2. The summed E-state index contributed by atoms with van der Waals surface area (Å²) in [7, 11) is 0. The van der Waals surface area contributed by atoms with E-state index in [0.29, 0.717) is 84.6 Å². The maximum atomic E-state index is 12.1. The maximum absolute atomic E-state index is 12.1. The van der Waals surface area contributed by atoms with Gasteiger partial charge in [0, 0.05) is 43.4 Å². The zero-order valence-corrected chi connectivity index (χ0v) is 33.6. The molecule has 0 aromatic carbocycles. The number of carbonyl (C=O) groups is 4. The number of rotatable bonds is 0. The molecule has 0 N–H and O–H groups in total. The number of hydrogen-bond acceptors (Lipinski definition) is 6. The van der Waals surface area contributed by atoms with Crippen LogP contribution in [0.3, 0.4) is 0 Å². The maximum Gasteiger partial charge on any atom is 0.306 e. The molecule has 0 aromatic rings. The smallest absolute Gasteiger partial charge is 0.306 e. The van der Waals surface area contributed by atoms with Gasteiger partial charge in [-0.2, -0.15) is 0 Å². The quantitative estimate of drug-likeness (QED) is 0.182. The Kier molecular flexibility index (Phi) is 8.02. The molecule has 14 atom stereocenters. The van der Waals surface area contributed by atoms with Crippen molar-refractivity contribution >= 4 is 23.5 Å². The van der Waals surface area contributed by atoms with Gasteiger partial charge < -0.3 is 9.47 Å². The Hall–Kier alpha value is -2.50. The molecule has 0 aromatic heterocycles. The molecule has 0 amide bonds. The highest BCUT2D eigenvalue weighted by atomic mass is 16.6. The second-order valence-corrected chi connectivity index (χ2v) is 21.1. The van der Waals surface area contributed by atoms with Crippen LogP contribution in [0.25, 0.3) is 0 Å². The van der Waals surface area contributed by atoms with E-state index in [9.17, 15) is 19.2 Å². The van der Waals surface area contributed by atoms with Crippen LogP contribution in [0.4, 0.5) is 0 Å². The fraction of sp³-hybridized carbons (Fsp3) is 0.787. The number of ketones is 2. The van der Waals surface area contributed by atoms with E-state index in [2.05, 4.69) is 54.5 Å². The van der Waals surface area contributed by atoms with E-state index < -0.39 is 0 Å². The van der Waals surface area contributed by atoms with Gasteiger partial charge in [0.1, 0.15) is 11.2 Å². The largest absolute Gasteiger partial charge is 0.458 e. The molecule has 10 aliphatic rings. The lowest BCUT2D eigenvalue weighted by Gasteiger charge is -2.63. The first-order chi connectivity index (χ1) is 25.0. The Labute approximate surface area is 319 Å². The Morgan fingerprint density at radius 2 is 1.23 bits per heavy atom. The molecular formula is C47H66O6. The van der Waals surface area contributed by atoms with E-state index in [1.54, 1.807) is 5.57 Å². The highest BCUT2D eigenvalue weighted by molar-refractivity contribution is 5.92. The lowest BCUT2D eigenvalue weighted by molar-refractivity contribution is -0.178. The van der Waals surface area contributed by atoms with Gasteiger partial charge in [-0.1, -0.05) is 71.3 Å². The second-order valence-electron chi connectivity index (χ2n) is 21.1. The van der Waals surface area contributed by atoms with E-state index in [1.807, 2.05) is 12.2 Å². The van der Waals surface area contributed by atoms with E-state index in [4.69, 9.17) is 9.47 Å². The molecule has 8 unspecified atom stereocenters. The van der Waals surface area contributed by atoms with Crippen molar-refractivity contribution in [1.29, 1.82) is 0 Å². The Balaban J connectivity index is 0.000000150. The van der Waals surface area contributed by atoms with Gasteiger partial charge in [-0.3, -0.25) is 19.2 Å². The van der Waals surface area contributed by atoms with Crippen LogP contribution >= 0.6 is 0 Å². The first-order valence-electron chi connectivity index (χ1n) is 21.6. The van der Waals surface area contributed by atoms with Crippen LogP contribution in [0.2, 0.25) is 0 Å². The minimum Gasteiger partial charge on any atom is -0.458 e. The van der Waals surface area contributed by atoms with E-state index >= 15 is 0 Å². The summed E-state index contributed by atoms with van der Waals surface area (Å²) in [4.78, 5) is 48.2. The summed E-state index contributed by atoms with van der Waals surface area (Å²) >= 11 is 0. The van der Waals surface area contributed by atoms with Crippen LogP contribution in [-0.4, -0.2) is 34.7 Å². The third kappa shape index (κ3) is 4.80. The number of carbonyl (C=O) groups excluding carboxylic acids is 4. The molecule has 2 aliphatic heterocycles. The second kappa shape index (κ2) is 11.8. The molecule has 53 heavy (non-hydrogen) atoms. The SMILES string of the molecule is CC1C[C@@]2(C)C(CCC23CCC(=O)O3)C2C1[C@@]1(C)CCC(=O)C=C1C[C@H]2C.C[C@@H]1CC2=CC(=O)CC[C@]2(C)C2=CC[C@@]3(C)C(CCC34CCC(=O)O4)C21.[2HH]. The van der Waals surface area contributed by atoms with Crippen LogP contribution in [0.15, 0.2) is 34.9 Å². The summed E-state index contributed by atoms with van der Waals surface area (Å²) < 4.78 is 12.1. The molecule has 2 saturated heterocycles. The Bertz CT molecular complexity index is 1760. The summed E-state index contributed by atoms with van der Waals surface area (Å²) in [6.45, 7) is 16.9. The topological polar surface area (TPSA) is 86.7 Å². The zero-order valence-electron chi connectivity index (χ0n) is 33.6. The van der Waals surface area contributed by atoms with Crippen LogP contribution in [-0.2, 0) is 28.7 Å². The van der Waals surface area contributed by atoms with Crippen molar-refractivity contribution in [3.8, 4) is 0 Å². The molecule has 0 bridgehead atoms. The van der Waals surface area contributed by atoms with Crippen molar-refractivity contribution in [2.24, 2.45) is 69.0 Å². The third-order valence-corrected chi connectivity index (χ3v) is 18.9. The highest BCUT2D eigenvalue weighted by Gasteiger charge is 2.70. The molecule has 6 heteroatoms. The predicted molar refractivity (Wildman–Crippen MR) is 205 cm³/mol. The van der Waals surface area contributed by atoms with E-state index in [1.165, 1.54) is 24.0 Å². The van der Waals surface area contributed by atoms with Gasteiger partial charge in [0.2, 0.25) is 0 Å². The molecule has 2 heterocycles. The van der Waals surface area contributed by atoms with Gasteiger partial charge in [-0.05, 0) is 142 Å². The number of esters is 2. The van der Waals surface area contributed by atoms with Crippen molar-refractivity contribution in [1.82, 2.24) is 0 Å². The number of hydrogen-bond donors (Lipinski definition) is 0. The van der Waals surface area contributed by atoms with Gasteiger partial charge in [0.15, 0.2) is 11.6 Å². The van der Waals surface area contributed by atoms with Gasteiger partial charge in [-0.25, -0.2) is 0 Å². The van der Waals surface area contributed by atoms with E-state index in [-0.39, 0.29) is 46.2 Å². The monoisotopic (exact) mass is 727 g/mol. The Morgan fingerprint density at radius 3 is 1.87 bits per heavy atom. The summed E-state index contributed by atoms with van der Waals surface area (Å²) in [6.07, 6.45) is 21.6. The molecule has 5 saturated carbocycles. The minimum atomic E-state index is -0.226. The van der Waals surface area contributed by atoms with Crippen LogP contribution < -0.4 is 0 Å². The lowest BCUT2D eigenvalue weighted by Crippen LogP contribution is -2.59. The molecular weight excluding hydrogens is 661 g/mol. The first-order valence-corrected chi connectivity index (χ1v) is 21.6. The summed E-state index contributed by atoms with van der Waals surface area (Å²) in [5.74, 6) is 5.60. The summed E-state index contributed by atoms with van der Waals surface area (Å²) in [6, 6.07) is 0. The first kappa shape index (κ1) is 36.2. The van der Waals surface area contributed by atoms with Gasteiger partial charge in [0.05, 0.1) is 0 Å². The van der Waals surface area contributed by atoms with Crippen molar-refractivity contribution < 1.29 is 30.1 Å². The normalized spacial score (nSPS) is 52.1. The Morgan fingerprint density at radius 1 is 0.642 bits per heavy atom. The molecule has 7 fully saturated rings. The van der Waals surface area contributed by atoms with E-state index in [0.717, 1.165) is 64.2 Å². The van der Waals surface area contributed by atoms with Crippen LogP contribution in [0.1, 0.15) is 153 Å². The van der Waals surface area contributed by atoms with Crippen LogP contribution in [0.5, 0.6) is 0 Å². The van der Waals surface area contributed by atoms with Crippen molar-refractivity contribution in [2.75, 3.05) is 0 Å². The van der Waals surface area contributed by atoms with Crippen molar-refractivity contribution in [3.63, 3.8) is 0 Å². The van der Waals surface area contributed by atoms with Crippen molar-refractivity contribution in [2.45, 2.75) is 162 Å². The van der Waals surface area contributed by atoms with Gasteiger partial charge in [0.25, 0.3) is 0 Å². The predicted octanol–water partition coefficient (Wildman–Crippen LogP) is 10.1. The lowest BCUT2D eigenvalue weighted by atomic mass is 9.42. The number of allylic oxidation sites excluding steroid dienone is 5. The minimum absolute atomic E-state index is 0. The number of fused-ring (bicyclic) bond motifs is 12. The molecule has 6 nitrogen and oxygen atoms in total. The highest BCUT2D eigenvalue weighted by Crippen LogP contribution is 2.72. The fourth-order valence-corrected chi connectivity index (χ4v) is 16.3. The average molecular weight is 728 g/mol. The van der Waals surface area contributed by atoms with Gasteiger partial charge in [-0.15, -0.1) is 0 Å². The fourth-order valence-electron chi connectivity index (χ4n) is 16.3. The molecule has 10 rings (SSSR count). The summed E-state index contributed by atoms with van der Waals surface area (Å²) in [5, 5.41) is 0. The molecule has 290 valence electrons. The molecule has 0 radical (unpaired) electrons. The van der Waals surface area contributed by atoms with Gasteiger partial charge >= 0.3 is 11.9 Å². The van der Waals surface area contributed by atoms with Crippen molar-refractivity contribution in [3.05, 3.63) is 34.9 Å². The average Bonchev–Trinajstić information content (AvgIpc) is 3.83. The molecule has 8 aliphatic carbocycles. The van der Waals surface area contributed by atoms with Crippen LogP contribution in [0, 0.1) is 69.0 Å². The molecule has 2 spiro atoms. The third-order valence-electron chi connectivity index (χ3n) is 18.9. The zero-order chi connectivity index (χ0) is 37.5. The summed E-state index contributed by atoms with van der Waals surface area (Å²) in [5.41, 5.74) is 4.43.